The average molecular weight is 1420 g/mol. The lowest BCUT2D eigenvalue weighted by atomic mass is 9.84. The SMILES string of the molecule is CCCCCC/C=C\CCCCCCCCCC(=O)OCC1OC(OC2C(O)C(O)C(O)C(OC3OC(CO)C(O)C(O)C3O)C2OP(=O)(O)OCC(COC(=O)CCCCC/C=C\CCCCCCCC)OC(=O)/C=C/C=C/CCCCCCCCCCCCC)C(O)C(O)C1O. The molecule has 0 aromatic carbocycles. The summed E-state index contributed by atoms with van der Waals surface area (Å²) < 4.78 is 64.7. The zero-order valence-electron chi connectivity index (χ0n) is 59.3. The first-order chi connectivity index (χ1) is 47.3. The van der Waals surface area contributed by atoms with E-state index < -0.39 is 156 Å². The third kappa shape index (κ3) is 37.4. The van der Waals surface area contributed by atoms with E-state index in [1.807, 2.05) is 6.08 Å². The molecule has 0 bridgehead atoms. The van der Waals surface area contributed by atoms with Gasteiger partial charge in [0.25, 0.3) is 0 Å². The lowest BCUT2D eigenvalue weighted by molar-refractivity contribution is -0.360. The molecule has 2 aliphatic heterocycles. The Morgan fingerprint density at radius 1 is 0.418 bits per heavy atom. The molecule has 1 aliphatic carbocycles. The molecule has 0 spiro atoms. The van der Waals surface area contributed by atoms with Gasteiger partial charge in [-0.25, -0.2) is 9.36 Å². The average Bonchev–Trinajstić information content (AvgIpc) is 0.761. The van der Waals surface area contributed by atoms with E-state index in [1.54, 1.807) is 6.08 Å². The van der Waals surface area contributed by atoms with Gasteiger partial charge in [0.15, 0.2) is 18.7 Å². The summed E-state index contributed by atoms with van der Waals surface area (Å²) in [4.78, 5) is 50.8. The Hall–Kier alpha value is -3.08. The maximum absolute atomic E-state index is 14.3. The second kappa shape index (κ2) is 54.6. The molecule has 570 valence electrons. The Morgan fingerprint density at radius 2 is 0.786 bits per heavy atom. The van der Waals surface area contributed by atoms with Crippen LogP contribution < -0.4 is 0 Å². The fraction of sp³-hybridized carbons (Fsp3) is 0.849. The molecule has 24 nitrogen and oxygen atoms in total. The maximum atomic E-state index is 14.3. The van der Waals surface area contributed by atoms with Crippen molar-refractivity contribution in [1.82, 2.24) is 0 Å². The number of hydrogen-bond donors (Lipinski definition) is 11. The number of allylic oxidation sites excluding steroid dienone is 7. The number of phosphoric ester groups is 1. The van der Waals surface area contributed by atoms with Crippen molar-refractivity contribution in [3.8, 4) is 0 Å². The van der Waals surface area contributed by atoms with Gasteiger partial charge in [-0.05, 0) is 77.0 Å². The minimum Gasteiger partial charge on any atom is -0.463 e. The third-order valence-corrected chi connectivity index (χ3v) is 19.1. The first-order valence-electron chi connectivity index (χ1n) is 37.5. The minimum absolute atomic E-state index is 0.00344. The summed E-state index contributed by atoms with van der Waals surface area (Å²) in [5, 5.41) is 110. The van der Waals surface area contributed by atoms with Crippen LogP contribution in [0.3, 0.4) is 0 Å². The van der Waals surface area contributed by atoms with Crippen molar-refractivity contribution in [2.75, 3.05) is 26.4 Å². The van der Waals surface area contributed by atoms with Gasteiger partial charge >= 0.3 is 25.7 Å². The molecule has 0 aromatic heterocycles. The van der Waals surface area contributed by atoms with E-state index in [2.05, 4.69) is 45.1 Å². The number of esters is 3. The van der Waals surface area contributed by atoms with Gasteiger partial charge < -0.3 is 89.1 Å². The van der Waals surface area contributed by atoms with Crippen LogP contribution in [0.1, 0.15) is 265 Å². The molecule has 11 N–H and O–H groups in total. The smallest absolute Gasteiger partial charge is 0.463 e. The van der Waals surface area contributed by atoms with E-state index in [0.717, 1.165) is 115 Å². The molecular formula is C73H129O24P. The van der Waals surface area contributed by atoms with Crippen LogP contribution in [0.25, 0.3) is 0 Å². The summed E-state index contributed by atoms with van der Waals surface area (Å²) in [6, 6.07) is 0. The van der Waals surface area contributed by atoms with E-state index in [4.69, 9.17) is 42.2 Å². The fourth-order valence-corrected chi connectivity index (χ4v) is 13.0. The first-order valence-corrected chi connectivity index (χ1v) is 39.0. The molecule has 0 amide bonds. The zero-order valence-corrected chi connectivity index (χ0v) is 60.2. The van der Waals surface area contributed by atoms with Gasteiger partial charge in [-0.1, -0.05) is 217 Å². The maximum Gasteiger partial charge on any atom is 0.472 e. The molecule has 18 unspecified atom stereocenters. The van der Waals surface area contributed by atoms with Crippen molar-refractivity contribution >= 4 is 25.7 Å². The third-order valence-electron chi connectivity index (χ3n) is 18.2. The number of carbonyl (C=O) groups is 3. The number of aliphatic hydroxyl groups is 10. The lowest BCUT2D eigenvalue weighted by Crippen LogP contribution is -2.69. The first kappa shape index (κ1) is 89.1. The van der Waals surface area contributed by atoms with Gasteiger partial charge in [0.05, 0.1) is 13.2 Å². The van der Waals surface area contributed by atoms with Crippen LogP contribution in [0.4, 0.5) is 0 Å². The second-order valence-electron chi connectivity index (χ2n) is 26.7. The highest BCUT2D eigenvalue weighted by Crippen LogP contribution is 2.49. The van der Waals surface area contributed by atoms with Crippen LogP contribution in [-0.2, 0) is 61.2 Å². The Kier molecular flexibility index (Phi) is 49.6. The number of ether oxygens (including phenoxy) is 7. The number of rotatable bonds is 57. The number of hydrogen-bond acceptors (Lipinski definition) is 23. The Morgan fingerprint density at radius 3 is 1.23 bits per heavy atom. The molecule has 2 heterocycles. The van der Waals surface area contributed by atoms with Gasteiger partial charge in [-0.3, -0.25) is 18.6 Å². The van der Waals surface area contributed by atoms with E-state index in [1.165, 1.54) is 115 Å². The monoisotopic (exact) mass is 1420 g/mol. The Labute approximate surface area is 584 Å². The molecular weight excluding hydrogens is 1290 g/mol. The van der Waals surface area contributed by atoms with E-state index in [9.17, 15) is 74.9 Å². The lowest BCUT2D eigenvalue weighted by Gasteiger charge is -2.49. The van der Waals surface area contributed by atoms with Gasteiger partial charge in [-0.2, -0.15) is 0 Å². The minimum atomic E-state index is -5.73. The molecule has 25 heteroatoms. The predicted octanol–water partition coefficient (Wildman–Crippen LogP) is 10.1. The second-order valence-corrected chi connectivity index (χ2v) is 28.1. The molecule has 18 atom stereocenters. The molecule has 3 fully saturated rings. The van der Waals surface area contributed by atoms with Crippen LogP contribution in [0.5, 0.6) is 0 Å². The molecule has 0 radical (unpaired) electrons. The van der Waals surface area contributed by atoms with Gasteiger partial charge in [0.1, 0.15) is 98.7 Å². The van der Waals surface area contributed by atoms with Crippen molar-refractivity contribution in [2.45, 2.75) is 369 Å². The fourth-order valence-electron chi connectivity index (χ4n) is 12.0. The number of unbranched alkanes of at least 4 members (excludes halogenated alkanes) is 31. The Balaban J connectivity index is 1.76. The van der Waals surface area contributed by atoms with Crippen LogP contribution >= 0.6 is 7.82 Å². The number of aliphatic hydroxyl groups excluding tert-OH is 10. The summed E-state index contributed by atoms with van der Waals surface area (Å²) in [7, 11) is -5.73. The van der Waals surface area contributed by atoms with Gasteiger partial charge in [-0.15, -0.1) is 0 Å². The molecule has 2 saturated heterocycles. The van der Waals surface area contributed by atoms with Crippen molar-refractivity contribution in [2.24, 2.45) is 0 Å². The summed E-state index contributed by atoms with van der Waals surface area (Å²) >= 11 is 0. The Bertz CT molecular complexity index is 2220. The molecule has 0 aromatic rings. The van der Waals surface area contributed by atoms with Crippen LogP contribution in [0.15, 0.2) is 48.6 Å². The highest BCUT2D eigenvalue weighted by molar-refractivity contribution is 7.47. The van der Waals surface area contributed by atoms with Crippen molar-refractivity contribution in [3.05, 3.63) is 48.6 Å². The van der Waals surface area contributed by atoms with Crippen LogP contribution in [0, 0.1) is 0 Å². The largest absolute Gasteiger partial charge is 0.472 e. The molecule has 3 rings (SSSR count). The number of carbonyl (C=O) groups excluding carboxylic acids is 3. The van der Waals surface area contributed by atoms with Crippen molar-refractivity contribution in [3.63, 3.8) is 0 Å². The highest BCUT2D eigenvalue weighted by Gasteiger charge is 2.58. The predicted molar refractivity (Wildman–Crippen MR) is 370 cm³/mol. The molecule has 98 heavy (non-hydrogen) atoms. The molecule has 3 aliphatic rings. The van der Waals surface area contributed by atoms with E-state index in [0.29, 0.717) is 12.8 Å². The highest BCUT2D eigenvalue weighted by atomic mass is 31.2. The van der Waals surface area contributed by atoms with E-state index in [-0.39, 0.29) is 12.8 Å². The summed E-state index contributed by atoms with van der Waals surface area (Å²) in [6.07, 6.45) is 18.2. The zero-order chi connectivity index (χ0) is 71.8. The van der Waals surface area contributed by atoms with Crippen molar-refractivity contribution < 1.29 is 117 Å². The van der Waals surface area contributed by atoms with Gasteiger partial charge in [0, 0.05) is 18.9 Å². The van der Waals surface area contributed by atoms with Gasteiger partial charge in [0.2, 0.25) is 0 Å². The normalized spacial score (nSPS) is 27.9. The summed E-state index contributed by atoms with van der Waals surface area (Å²) in [5.74, 6) is -2.27. The quantitative estimate of drug-likeness (QED) is 0.00513. The topological polar surface area (TPSA) is 374 Å². The standard InChI is InChI=1S/C73H129O24P/c1-4-7-10-13-16-19-22-25-27-30-33-36-39-42-45-48-58(76)90-53-56-61(79)63(81)68(86)73(94-56)96-70-66(84)64(82)65(83)69(95-72-67(85)62(80)60(78)55(50-74)93-72)71(70)97-98(87,88)91-52-54(51-89-57(75)47-44-41-38-35-32-29-24-21-18-15-12-9-6-3)92-59(77)49-46-43-40-37-34-31-28-26-23-20-17-14-11-8-5-2/h19,22,29,32,40,43,46,49,54-56,60-74,78-86H,4-18,20-21,23-28,30-31,33-39,41-42,44-45,47-48,50-53H2,1-3H3,(H,87,88)/b22-19-,32-29-,43-40+,49-46+. The summed E-state index contributed by atoms with van der Waals surface area (Å²) in [5.41, 5.74) is 0. The molecule has 1 saturated carbocycles. The van der Waals surface area contributed by atoms with Crippen LogP contribution in [-0.4, -0.2) is 204 Å². The van der Waals surface area contributed by atoms with Crippen LogP contribution in [0.2, 0.25) is 0 Å². The summed E-state index contributed by atoms with van der Waals surface area (Å²) in [6.45, 7) is 3.28. The number of phosphoric acid groups is 1. The van der Waals surface area contributed by atoms with Crippen molar-refractivity contribution in [1.29, 1.82) is 0 Å². The van der Waals surface area contributed by atoms with E-state index >= 15 is 0 Å².